The second kappa shape index (κ2) is 7.11. The van der Waals surface area contributed by atoms with E-state index in [1.165, 1.54) is 4.88 Å². The second-order valence-corrected chi connectivity index (χ2v) is 8.18. The zero-order chi connectivity index (χ0) is 16.3. The summed E-state index contributed by atoms with van der Waals surface area (Å²) in [5.74, 6) is 1.45. The summed E-state index contributed by atoms with van der Waals surface area (Å²) in [6.45, 7) is 9.63. The van der Waals surface area contributed by atoms with Crippen molar-refractivity contribution < 1.29 is 9.26 Å². The van der Waals surface area contributed by atoms with E-state index >= 15 is 0 Å². The SMILES string of the molecule is CC(C)(C)c1noc(CN(Cc2cccs2)C[C@H]2CCCO2)n1. The minimum Gasteiger partial charge on any atom is -0.377 e. The van der Waals surface area contributed by atoms with E-state index < -0.39 is 0 Å². The standard InChI is InChI=1S/C17H25N3O2S/c1-17(2,3)16-18-15(22-19-16)12-20(10-13-6-4-8-21-13)11-14-7-5-9-23-14/h5,7,9,13H,4,6,8,10-12H2,1-3H3/t13-/m1/s1. The third-order valence-corrected chi connectivity index (χ3v) is 4.80. The van der Waals surface area contributed by atoms with Crippen molar-refractivity contribution in [2.45, 2.75) is 58.2 Å². The van der Waals surface area contributed by atoms with Crippen LogP contribution in [0, 0.1) is 0 Å². The molecule has 0 aromatic carbocycles. The predicted molar refractivity (Wildman–Crippen MR) is 90.4 cm³/mol. The summed E-state index contributed by atoms with van der Waals surface area (Å²) in [4.78, 5) is 8.26. The molecule has 6 heteroatoms. The maximum Gasteiger partial charge on any atom is 0.240 e. The van der Waals surface area contributed by atoms with Crippen molar-refractivity contribution in [3.05, 3.63) is 34.1 Å². The van der Waals surface area contributed by atoms with Gasteiger partial charge in [-0.2, -0.15) is 4.98 Å². The Labute approximate surface area is 141 Å². The van der Waals surface area contributed by atoms with Crippen LogP contribution in [0.1, 0.15) is 50.2 Å². The Morgan fingerprint density at radius 1 is 1.35 bits per heavy atom. The van der Waals surface area contributed by atoms with Crippen LogP contribution in [0.4, 0.5) is 0 Å². The molecule has 0 saturated carbocycles. The van der Waals surface area contributed by atoms with Gasteiger partial charge in [0, 0.05) is 30.0 Å². The predicted octanol–water partition coefficient (Wildman–Crippen LogP) is 3.61. The molecule has 2 aromatic heterocycles. The van der Waals surface area contributed by atoms with E-state index in [0.717, 1.165) is 38.4 Å². The lowest BCUT2D eigenvalue weighted by molar-refractivity contribution is 0.0644. The molecule has 1 aliphatic heterocycles. The Bertz CT molecular complexity index is 598. The molecule has 0 radical (unpaired) electrons. The summed E-state index contributed by atoms with van der Waals surface area (Å²) >= 11 is 1.78. The normalized spacial score (nSPS) is 18.9. The molecule has 0 N–H and O–H groups in total. The Balaban J connectivity index is 1.68. The number of hydrogen-bond donors (Lipinski definition) is 0. The van der Waals surface area contributed by atoms with Gasteiger partial charge in [-0.1, -0.05) is 32.0 Å². The van der Waals surface area contributed by atoms with Gasteiger partial charge in [0.05, 0.1) is 12.6 Å². The average Bonchev–Trinajstić information content (AvgIpc) is 3.18. The molecule has 1 fully saturated rings. The molecule has 1 aliphatic rings. The van der Waals surface area contributed by atoms with Gasteiger partial charge >= 0.3 is 0 Å². The highest BCUT2D eigenvalue weighted by molar-refractivity contribution is 7.09. The molecule has 1 saturated heterocycles. The quantitative estimate of drug-likeness (QED) is 0.807. The molecule has 1 atom stereocenters. The summed E-state index contributed by atoms with van der Waals surface area (Å²) in [6, 6.07) is 4.26. The van der Waals surface area contributed by atoms with Gasteiger partial charge in [0.25, 0.3) is 0 Å². The van der Waals surface area contributed by atoms with Gasteiger partial charge in [-0.3, -0.25) is 4.90 Å². The molecule has 0 unspecified atom stereocenters. The fraction of sp³-hybridized carbons (Fsp3) is 0.647. The highest BCUT2D eigenvalue weighted by atomic mass is 32.1. The molecule has 126 valence electrons. The van der Waals surface area contributed by atoms with Gasteiger partial charge in [-0.05, 0) is 24.3 Å². The fourth-order valence-electron chi connectivity index (χ4n) is 2.70. The maximum absolute atomic E-state index is 5.79. The first-order chi connectivity index (χ1) is 11.0. The van der Waals surface area contributed by atoms with Crippen LogP contribution in [0.2, 0.25) is 0 Å². The van der Waals surface area contributed by atoms with Crippen molar-refractivity contribution in [1.82, 2.24) is 15.0 Å². The van der Waals surface area contributed by atoms with E-state index in [2.05, 4.69) is 53.3 Å². The lowest BCUT2D eigenvalue weighted by atomic mass is 9.96. The van der Waals surface area contributed by atoms with E-state index in [0.29, 0.717) is 18.5 Å². The van der Waals surface area contributed by atoms with Gasteiger partial charge < -0.3 is 9.26 Å². The van der Waals surface area contributed by atoms with Gasteiger partial charge in [-0.15, -0.1) is 11.3 Å². The molecule has 0 amide bonds. The molecular weight excluding hydrogens is 310 g/mol. The summed E-state index contributed by atoms with van der Waals surface area (Å²) in [7, 11) is 0. The van der Waals surface area contributed by atoms with Crippen molar-refractivity contribution in [1.29, 1.82) is 0 Å². The lowest BCUT2D eigenvalue weighted by Crippen LogP contribution is -2.31. The Morgan fingerprint density at radius 3 is 2.83 bits per heavy atom. The maximum atomic E-state index is 5.79. The van der Waals surface area contributed by atoms with E-state index in [1.54, 1.807) is 11.3 Å². The van der Waals surface area contributed by atoms with E-state index in [1.807, 2.05) is 0 Å². The molecule has 23 heavy (non-hydrogen) atoms. The van der Waals surface area contributed by atoms with Gasteiger partial charge in [-0.25, -0.2) is 0 Å². The third-order valence-electron chi connectivity index (χ3n) is 3.94. The van der Waals surface area contributed by atoms with Crippen molar-refractivity contribution >= 4 is 11.3 Å². The second-order valence-electron chi connectivity index (χ2n) is 7.15. The number of hydrogen-bond acceptors (Lipinski definition) is 6. The molecular formula is C17H25N3O2S. The smallest absolute Gasteiger partial charge is 0.240 e. The summed E-state index contributed by atoms with van der Waals surface area (Å²) in [6.07, 6.45) is 2.62. The van der Waals surface area contributed by atoms with Crippen molar-refractivity contribution in [3.8, 4) is 0 Å². The first-order valence-corrected chi connectivity index (χ1v) is 9.08. The van der Waals surface area contributed by atoms with E-state index in [9.17, 15) is 0 Å². The number of thiophene rings is 1. The Kier molecular flexibility index (Phi) is 5.14. The molecule has 0 aliphatic carbocycles. The largest absolute Gasteiger partial charge is 0.377 e. The first-order valence-electron chi connectivity index (χ1n) is 8.20. The number of nitrogens with zero attached hydrogens (tertiary/aromatic N) is 3. The van der Waals surface area contributed by atoms with Crippen LogP contribution in [0.25, 0.3) is 0 Å². The van der Waals surface area contributed by atoms with Crippen LogP contribution in [-0.2, 0) is 23.2 Å². The Morgan fingerprint density at radius 2 is 2.22 bits per heavy atom. The van der Waals surface area contributed by atoms with Gasteiger partial charge in [0.2, 0.25) is 5.89 Å². The summed E-state index contributed by atoms with van der Waals surface area (Å²) < 4.78 is 11.3. The first kappa shape index (κ1) is 16.6. The van der Waals surface area contributed by atoms with Crippen molar-refractivity contribution in [2.75, 3.05) is 13.2 Å². The minimum atomic E-state index is -0.0884. The van der Waals surface area contributed by atoms with Crippen LogP contribution in [0.5, 0.6) is 0 Å². The van der Waals surface area contributed by atoms with Crippen LogP contribution < -0.4 is 0 Å². The molecule has 2 aromatic rings. The van der Waals surface area contributed by atoms with Gasteiger partial charge in [0.15, 0.2) is 5.82 Å². The third kappa shape index (κ3) is 4.62. The molecule has 5 nitrogen and oxygen atoms in total. The monoisotopic (exact) mass is 335 g/mol. The van der Waals surface area contributed by atoms with Crippen LogP contribution >= 0.6 is 11.3 Å². The van der Waals surface area contributed by atoms with E-state index in [4.69, 9.17) is 9.26 Å². The fourth-order valence-corrected chi connectivity index (χ4v) is 3.45. The van der Waals surface area contributed by atoms with Crippen LogP contribution in [0.3, 0.4) is 0 Å². The number of ether oxygens (including phenoxy) is 1. The lowest BCUT2D eigenvalue weighted by Gasteiger charge is -2.23. The van der Waals surface area contributed by atoms with Gasteiger partial charge in [0.1, 0.15) is 0 Å². The average molecular weight is 335 g/mol. The number of rotatable bonds is 6. The van der Waals surface area contributed by atoms with E-state index in [-0.39, 0.29) is 5.41 Å². The van der Waals surface area contributed by atoms with Crippen molar-refractivity contribution in [2.24, 2.45) is 0 Å². The summed E-state index contributed by atoms with van der Waals surface area (Å²) in [5, 5.41) is 6.24. The number of aromatic nitrogens is 2. The van der Waals surface area contributed by atoms with Crippen molar-refractivity contribution in [3.63, 3.8) is 0 Å². The molecule has 3 heterocycles. The van der Waals surface area contributed by atoms with Crippen LogP contribution in [-0.4, -0.2) is 34.3 Å². The van der Waals surface area contributed by atoms with Crippen LogP contribution in [0.15, 0.2) is 22.0 Å². The summed E-state index contributed by atoms with van der Waals surface area (Å²) in [5.41, 5.74) is -0.0884. The highest BCUT2D eigenvalue weighted by Gasteiger charge is 2.24. The zero-order valence-corrected chi connectivity index (χ0v) is 14.9. The molecule has 3 rings (SSSR count). The molecule has 0 spiro atoms. The molecule has 0 bridgehead atoms. The highest BCUT2D eigenvalue weighted by Crippen LogP contribution is 2.21. The Hall–Kier alpha value is -1.24. The minimum absolute atomic E-state index is 0.0884. The zero-order valence-electron chi connectivity index (χ0n) is 14.1. The topological polar surface area (TPSA) is 51.4 Å².